The standard InChI is InChI=1S/C22H25N3O4/c1-15-6-8-17(9-7-15)27-14-18-10-11-19(28-18)20(26)24-22(12-4-3-5-13-22)21-23-16(2)29-25-21/h6-11H,3-5,12-14H2,1-2H3,(H,24,26). The van der Waals surface area contributed by atoms with Gasteiger partial charge < -0.3 is 19.0 Å². The third-order valence-corrected chi connectivity index (χ3v) is 5.30. The Hall–Kier alpha value is -3.09. The predicted octanol–water partition coefficient (Wildman–Crippen LogP) is 4.45. The number of carbonyl (C=O) groups is 1. The molecule has 1 aliphatic carbocycles. The number of carbonyl (C=O) groups excluding carboxylic acids is 1. The molecule has 0 unspecified atom stereocenters. The lowest BCUT2D eigenvalue weighted by molar-refractivity contribution is 0.0822. The Kier molecular flexibility index (Phi) is 5.38. The van der Waals surface area contributed by atoms with Gasteiger partial charge in [0.2, 0.25) is 5.89 Å². The molecule has 152 valence electrons. The van der Waals surface area contributed by atoms with Gasteiger partial charge in [0.25, 0.3) is 5.91 Å². The Bertz CT molecular complexity index is 968. The lowest BCUT2D eigenvalue weighted by Gasteiger charge is -2.34. The number of hydrogen-bond acceptors (Lipinski definition) is 6. The van der Waals surface area contributed by atoms with E-state index in [1.165, 1.54) is 5.56 Å². The van der Waals surface area contributed by atoms with Crippen LogP contribution in [0.3, 0.4) is 0 Å². The van der Waals surface area contributed by atoms with Gasteiger partial charge in [0.1, 0.15) is 23.7 Å². The van der Waals surface area contributed by atoms with E-state index in [-0.39, 0.29) is 18.3 Å². The SMILES string of the molecule is Cc1ccc(OCc2ccc(C(=O)NC3(c4noc(C)n4)CCCCC3)o2)cc1. The summed E-state index contributed by atoms with van der Waals surface area (Å²) in [7, 11) is 0. The van der Waals surface area contributed by atoms with Crippen LogP contribution in [0.15, 0.2) is 45.3 Å². The van der Waals surface area contributed by atoms with Crippen LogP contribution in [0.5, 0.6) is 5.75 Å². The van der Waals surface area contributed by atoms with Gasteiger partial charge in [-0.1, -0.05) is 42.1 Å². The van der Waals surface area contributed by atoms with Crippen LogP contribution < -0.4 is 10.1 Å². The Labute approximate surface area is 169 Å². The summed E-state index contributed by atoms with van der Waals surface area (Å²) in [6.45, 7) is 4.03. The number of aromatic nitrogens is 2. The highest BCUT2D eigenvalue weighted by molar-refractivity contribution is 5.92. The molecule has 1 aromatic carbocycles. The minimum absolute atomic E-state index is 0.248. The highest BCUT2D eigenvalue weighted by Gasteiger charge is 2.40. The van der Waals surface area contributed by atoms with E-state index in [2.05, 4.69) is 15.5 Å². The van der Waals surface area contributed by atoms with Gasteiger partial charge >= 0.3 is 0 Å². The van der Waals surface area contributed by atoms with Crippen molar-refractivity contribution >= 4 is 5.91 Å². The smallest absolute Gasteiger partial charge is 0.287 e. The third kappa shape index (κ3) is 4.34. The zero-order valence-electron chi connectivity index (χ0n) is 16.7. The van der Waals surface area contributed by atoms with Crippen molar-refractivity contribution in [2.24, 2.45) is 0 Å². The van der Waals surface area contributed by atoms with Crippen molar-refractivity contribution in [3.63, 3.8) is 0 Å². The second-order valence-electron chi connectivity index (χ2n) is 7.60. The molecular formula is C22H25N3O4. The summed E-state index contributed by atoms with van der Waals surface area (Å²) in [5.74, 6) is 2.34. The Morgan fingerprint density at radius 3 is 2.55 bits per heavy atom. The van der Waals surface area contributed by atoms with Crippen molar-refractivity contribution in [3.8, 4) is 5.75 Å². The second kappa shape index (κ2) is 8.11. The lowest BCUT2D eigenvalue weighted by Crippen LogP contribution is -2.48. The summed E-state index contributed by atoms with van der Waals surface area (Å²) in [6.07, 6.45) is 4.70. The second-order valence-corrected chi connectivity index (χ2v) is 7.60. The number of nitrogens with one attached hydrogen (secondary N) is 1. The number of aryl methyl sites for hydroxylation is 2. The minimum Gasteiger partial charge on any atom is -0.486 e. The van der Waals surface area contributed by atoms with Crippen LogP contribution in [0.4, 0.5) is 0 Å². The predicted molar refractivity (Wildman–Crippen MR) is 105 cm³/mol. The number of amides is 1. The van der Waals surface area contributed by atoms with Gasteiger partial charge in [-0.25, -0.2) is 0 Å². The largest absolute Gasteiger partial charge is 0.486 e. The molecule has 0 bridgehead atoms. The molecule has 1 N–H and O–H groups in total. The van der Waals surface area contributed by atoms with E-state index in [0.29, 0.717) is 17.5 Å². The van der Waals surface area contributed by atoms with Crippen molar-refractivity contribution in [1.82, 2.24) is 15.5 Å². The molecule has 3 aromatic rings. The van der Waals surface area contributed by atoms with Crippen molar-refractivity contribution in [1.29, 1.82) is 0 Å². The molecule has 0 radical (unpaired) electrons. The van der Waals surface area contributed by atoms with E-state index >= 15 is 0 Å². The molecule has 1 saturated carbocycles. The topological polar surface area (TPSA) is 90.4 Å². The maximum atomic E-state index is 12.9. The first kappa shape index (κ1) is 19.2. The Morgan fingerprint density at radius 2 is 1.86 bits per heavy atom. The normalized spacial score (nSPS) is 15.8. The molecule has 0 spiro atoms. The number of nitrogens with zero attached hydrogens (tertiary/aromatic N) is 2. The monoisotopic (exact) mass is 395 g/mol. The van der Waals surface area contributed by atoms with Gasteiger partial charge in [0, 0.05) is 6.92 Å². The summed E-state index contributed by atoms with van der Waals surface area (Å²) in [5.41, 5.74) is 0.557. The zero-order chi connectivity index (χ0) is 20.3. The van der Waals surface area contributed by atoms with E-state index < -0.39 is 5.54 Å². The first-order valence-electron chi connectivity index (χ1n) is 9.96. The molecule has 29 heavy (non-hydrogen) atoms. The van der Waals surface area contributed by atoms with Crippen LogP contribution in [0.1, 0.15) is 65.7 Å². The van der Waals surface area contributed by atoms with Crippen LogP contribution in [-0.2, 0) is 12.1 Å². The minimum atomic E-state index is -0.613. The highest BCUT2D eigenvalue weighted by atomic mass is 16.5. The molecule has 0 atom stereocenters. The zero-order valence-corrected chi connectivity index (χ0v) is 16.7. The maximum Gasteiger partial charge on any atom is 0.287 e. The van der Waals surface area contributed by atoms with E-state index in [0.717, 1.165) is 37.9 Å². The summed E-state index contributed by atoms with van der Waals surface area (Å²) in [6, 6.07) is 11.2. The van der Waals surface area contributed by atoms with Gasteiger partial charge in [0.05, 0.1) is 0 Å². The molecule has 2 aromatic heterocycles. The van der Waals surface area contributed by atoms with E-state index in [1.807, 2.05) is 31.2 Å². The summed E-state index contributed by atoms with van der Waals surface area (Å²) in [4.78, 5) is 17.3. The Balaban J connectivity index is 1.44. The van der Waals surface area contributed by atoms with E-state index in [1.54, 1.807) is 19.1 Å². The summed E-state index contributed by atoms with van der Waals surface area (Å²) >= 11 is 0. The first-order chi connectivity index (χ1) is 14.0. The fourth-order valence-electron chi connectivity index (χ4n) is 3.70. The van der Waals surface area contributed by atoms with Crippen molar-refractivity contribution in [2.75, 3.05) is 0 Å². The third-order valence-electron chi connectivity index (χ3n) is 5.30. The number of benzene rings is 1. The van der Waals surface area contributed by atoms with Gasteiger partial charge in [-0.2, -0.15) is 4.98 Å². The van der Waals surface area contributed by atoms with Gasteiger partial charge in [-0.3, -0.25) is 4.79 Å². The van der Waals surface area contributed by atoms with E-state index in [9.17, 15) is 4.79 Å². The van der Waals surface area contributed by atoms with Crippen LogP contribution in [0.2, 0.25) is 0 Å². The molecule has 0 aliphatic heterocycles. The molecule has 1 fully saturated rings. The van der Waals surface area contributed by atoms with Gasteiger partial charge in [-0.05, 0) is 44.0 Å². The molecule has 1 amide bonds. The molecular weight excluding hydrogens is 370 g/mol. The van der Waals surface area contributed by atoms with Gasteiger partial charge in [-0.15, -0.1) is 0 Å². The Morgan fingerprint density at radius 1 is 1.10 bits per heavy atom. The molecule has 1 aliphatic rings. The van der Waals surface area contributed by atoms with Crippen molar-refractivity contribution in [3.05, 3.63) is 65.2 Å². The van der Waals surface area contributed by atoms with Crippen molar-refractivity contribution in [2.45, 2.75) is 58.1 Å². The van der Waals surface area contributed by atoms with Crippen LogP contribution in [0.25, 0.3) is 0 Å². The van der Waals surface area contributed by atoms with Gasteiger partial charge in [0.15, 0.2) is 11.6 Å². The number of furan rings is 1. The number of rotatable bonds is 6. The molecule has 7 nitrogen and oxygen atoms in total. The molecule has 0 saturated heterocycles. The van der Waals surface area contributed by atoms with Crippen LogP contribution in [0, 0.1) is 13.8 Å². The summed E-state index contributed by atoms with van der Waals surface area (Å²) < 4.78 is 16.6. The van der Waals surface area contributed by atoms with Crippen LogP contribution in [-0.4, -0.2) is 16.0 Å². The average molecular weight is 395 g/mol. The molecule has 7 heteroatoms. The van der Waals surface area contributed by atoms with E-state index in [4.69, 9.17) is 13.7 Å². The summed E-state index contributed by atoms with van der Waals surface area (Å²) in [5, 5.41) is 7.19. The number of hydrogen-bond donors (Lipinski definition) is 1. The highest BCUT2D eigenvalue weighted by Crippen LogP contribution is 2.36. The van der Waals surface area contributed by atoms with Crippen molar-refractivity contribution < 1.29 is 18.5 Å². The molecule has 4 rings (SSSR count). The lowest BCUT2D eigenvalue weighted by atomic mass is 9.81. The number of ether oxygens (including phenoxy) is 1. The fourth-order valence-corrected chi connectivity index (χ4v) is 3.70. The fraction of sp³-hybridized carbons (Fsp3) is 0.409. The average Bonchev–Trinajstić information content (AvgIpc) is 3.38. The van der Waals surface area contributed by atoms with Crippen LogP contribution >= 0.6 is 0 Å². The maximum absolute atomic E-state index is 12.9. The molecule has 2 heterocycles. The quantitative estimate of drug-likeness (QED) is 0.663. The first-order valence-corrected chi connectivity index (χ1v) is 9.96.